The number of hydrogen-bond acceptors (Lipinski definition) is 7. The molecule has 0 radical (unpaired) electrons. The molecule has 1 N–H and O–H groups in total. The number of aliphatic hydroxyl groups is 1. The number of benzene rings is 2. The number of para-hydroxylation sites is 1. The van der Waals surface area contributed by atoms with E-state index in [1.165, 1.54) is 12.0 Å². The molecule has 2 heterocycles. The van der Waals surface area contributed by atoms with Crippen LogP contribution in [0, 0.1) is 0 Å². The van der Waals surface area contributed by atoms with Gasteiger partial charge in [-0.05, 0) is 42.7 Å². The highest BCUT2D eigenvalue weighted by Crippen LogP contribution is 2.41. The lowest BCUT2D eigenvalue weighted by atomic mass is 9.94. The molecule has 1 aliphatic heterocycles. The van der Waals surface area contributed by atoms with Crippen molar-refractivity contribution in [3.05, 3.63) is 71.2 Å². The van der Waals surface area contributed by atoms with Crippen LogP contribution < -0.4 is 9.47 Å². The van der Waals surface area contributed by atoms with Crippen molar-refractivity contribution in [2.45, 2.75) is 25.8 Å². The molecule has 0 saturated heterocycles. The molecule has 0 saturated carbocycles. The van der Waals surface area contributed by atoms with Crippen LogP contribution >= 0.6 is 0 Å². The number of nitrogens with zero attached hydrogens (tertiary/aromatic N) is 1. The van der Waals surface area contributed by atoms with E-state index in [2.05, 4.69) is 0 Å². The van der Waals surface area contributed by atoms with Crippen LogP contribution in [0.2, 0.25) is 0 Å². The predicted molar refractivity (Wildman–Crippen MR) is 130 cm³/mol. The van der Waals surface area contributed by atoms with Crippen molar-refractivity contribution in [2.24, 2.45) is 0 Å². The number of methoxy groups -OCH3 is 2. The summed E-state index contributed by atoms with van der Waals surface area (Å²) in [4.78, 5) is 28.3. The fourth-order valence-electron chi connectivity index (χ4n) is 4.28. The minimum Gasteiger partial charge on any atom is -0.503 e. The van der Waals surface area contributed by atoms with Gasteiger partial charge in [-0.1, -0.05) is 31.2 Å². The summed E-state index contributed by atoms with van der Waals surface area (Å²) in [5, 5.41) is 11.6. The highest BCUT2D eigenvalue weighted by atomic mass is 16.5. The van der Waals surface area contributed by atoms with Gasteiger partial charge >= 0.3 is 0 Å². The van der Waals surface area contributed by atoms with Gasteiger partial charge in [-0.25, -0.2) is 0 Å². The smallest absolute Gasteiger partial charge is 0.290 e. The van der Waals surface area contributed by atoms with Gasteiger partial charge < -0.3 is 28.6 Å². The number of amides is 1. The molecular formula is C27H29NO7. The quantitative estimate of drug-likeness (QED) is 0.310. The standard InChI is InChI=1S/C27H29NO7/c1-4-13-34-19-10-5-8-17(15-19)23-22(25(30)27(31)28(23)12-7-14-32-2)24(29)21-16-18-9-6-11-20(33-3)26(18)35-21/h5-6,8-11,15-16,23,30H,4,7,12-14H2,1-3H3. The van der Waals surface area contributed by atoms with Crippen LogP contribution in [-0.2, 0) is 9.53 Å². The number of carbonyl (C=O) groups excluding carboxylic acids is 2. The van der Waals surface area contributed by atoms with Crippen LogP contribution in [0.4, 0.5) is 0 Å². The van der Waals surface area contributed by atoms with Gasteiger partial charge in [-0.15, -0.1) is 0 Å². The molecule has 3 aromatic rings. The molecule has 184 valence electrons. The maximum Gasteiger partial charge on any atom is 0.290 e. The Hall–Kier alpha value is -3.78. The predicted octanol–water partition coefficient (Wildman–Crippen LogP) is 4.85. The van der Waals surface area contributed by atoms with E-state index in [1.54, 1.807) is 37.4 Å². The molecule has 0 fully saturated rings. The number of ether oxygens (including phenoxy) is 3. The van der Waals surface area contributed by atoms with Gasteiger partial charge in [0.05, 0.1) is 25.3 Å². The molecule has 4 rings (SSSR count). The number of rotatable bonds is 11. The Balaban J connectivity index is 1.77. The molecule has 0 spiro atoms. The van der Waals surface area contributed by atoms with Gasteiger partial charge in [-0.2, -0.15) is 0 Å². The number of Topliss-reactive ketones (excluding diaryl/α,β-unsaturated/α-hetero) is 1. The zero-order valence-electron chi connectivity index (χ0n) is 20.1. The summed E-state index contributed by atoms with van der Waals surface area (Å²) in [7, 11) is 3.10. The maximum atomic E-state index is 13.7. The van der Waals surface area contributed by atoms with Gasteiger partial charge in [0.25, 0.3) is 5.91 Å². The third kappa shape index (κ3) is 4.74. The monoisotopic (exact) mass is 479 g/mol. The second kappa shape index (κ2) is 10.7. The summed E-state index contributed by atoms with van der Waals surface area (Å²) in [6, 6.07) is 13.4. The molecule has 8 nitrogen and oxygen atoms in total. The Bertz CT molecular complexity index is 1260. The molecule has 1 aromatic heterocycles. The van der Waals surface area contributed by atoms with Crippen LogP contribution in [0.5, 0.6) is 11.5 Å². The van der Waals surface area contributed by atoms with Crippen LogP contribution in [0.25, 0.3) is 11.0 Å². The number of carbonyl (C=O) groups is 2. The van der Waals surface area contributed by atoms with E-state index >= 15 is 0 Å². The molecule has 1 amide bonds. The summed E-state index contributed by atoms with van der Waals surface area (Å²) >= 11 is 0. The maximum absolute atomic E-state index is 13.7. The number of aliphatic hydroxyl groups excluding tert-OH is 1. The van der Waals surface area contributed by atoms with E-state index < -0.39 is 23.5 Å². The number of furan rings is 1. The Morgan fingerprint density at radius 1 is 1.11 bits per heavy atom. The summed E-state index contributed by atoms with van der Waals surface area (Å²) in [6.45, 7) is 3.28. The third-order valence-electron chi connectivity index (χ3n) is 5.89. The average molecular weight is 480 g/mol. The lowest BCUT2D eigenvalue weighted by Gasteiger charge is -2.27. The van der Waals surface area contributed by atoms with E-state index in [0.29, 0.717) is 54.2 Å². The van der Waals surface area contributed by atoms with Crippen molar-refractivity contribution < 1.29 is 33.3 Å². The first-order valence-corrected chi connectivity index (χ1v) is 11.6. The highest BCUT2D eigenvalue weighted by molar-refractivity contribution is 6.16. The zero-order chi connectivity index (χ0) is 24.9. The number of ketones is 1. The van der Waals surface area contributed by atoms with Crippen molar-refractivity contribution in [3.63, 3.8) is 0 Å². The second-order valence-corrected chi connectivity index (χ2v) is 8.25. The van der Waals surface area contributed by atoms with Crippen molar-refractivity contribution in [2.75, 3.05) is 34.0 Å². The summed E-state index contributed by atoms with van der Waals surface area (Å²) < 4.78 is 22.1. The number of hydrogen-bond donors (Lipinski definition) is 1. The van der Waals surface area contributed by atoms with E-state index in [0.717, 1.165) is 6.42 Å². The van der Waals surface area contributed by atoms with Crippen LogP contribution in [0.15, 0.2) is 64.3 Å². The summed E-state index contributed by atoms with van der Waals surface area (Å²) in [5.74, 6) is -0.622. The summed E-state index contributed by atoms with van der Waals surface area (Å²) in [6.07, 6.45) is 1.39. The lowest BCUT2D eigenvalue weighted by molar-refractivity contribution is -0.129. The zero-order valence-corrected chi connectivity index (χ0v) is 20.1. The Morgan fingerprint density at radius 2 is 1.91 bits per heavy atom. The molecular weight excluding hydrogens is 450 g/mol. The normalized spacial score (nSPS) is 15.8. The van der Waals surface area contributed by atoms with Crippen molar-refractivity contribution in [1.82, 2.24) is 4.90 Å². The fraction of sp³-hybridized carbons (Fsp3) is 0.333. The van der Waals surface area contributed by atoms with Gasteiger partial charge in [0.15, 0.2) is 22.9 Å². The van der Waals surface area contributed by atoms with Gasteiger partial charge in [-0.3, -0.25) is 9.59 Å². The van der Waals surface area contributed by atoms with Gasteiger partial charge in [0.1, 0.15) is 5.75 Å². The molecule has 1 aliphatic rings. The van der Waals surface area contributed by atoms with Gasteiger partial charge in [0.2, 0.25) is 5.78 Å². The molecule has 0 bridgehead atoms. The van der Waals surface area contributed by atoms with Crippen molar-refractivity contribution in [3.8, 4) is 11.5 Å². The second-order valence-electron chi connectivity index (χ2n) is 8.25. The highest BCUT2D eigenvalue weighted by Gasteiger charge is 2.44. The molecule has 1 unspecified atom stereocenters. The molecule has 8 heteroatoms. The number of fused-ring (bicyclic) bond motifs is 1. The first-order chi connectivity index (χ1) is 17.0. The lowest BCUT2D eigenvalue weighted by Crippen LogP contribution is -2.32. The molecule has 1 atom stereocenters. The summed E-state index contributed by atoms with van der Waals surface area (Å²) in [5.41, 5.74) is 1.05. The van der Waals surface area contributed by atoms with Gasteiger partial charge in [0, 0.05) is 25.6 Å². The fourth-order valence-corrected chi connectivity index (χ4v) is 4.28. The Kier molecular flexibility index (Phi) is 7.41. The van der Waals surface area contributed by atoms with E-state index in [1.807, 2.05) is 25.1 Å². The van der Waals surface area contributed by atoms with Crippen molar-refractivity contribution in [1.29, 1.82) is 0 Å². The minimum absolute atomic E-state index is 0.0148. The SMILES string of the molecule is CCCOc1cccc(C2C(C(=O)c3cc4cccc(OC)c4o3)=C(O)C(=O)N2CCCOC)c1. The Labute approximate surface area is 203 Å². The van der Waals surface area contributed by atoms with Crippen LogP contribution in [0.3, 0.4) is 0 Å². The van der Waals surface area contributed by atoms with Crippen molar-refractivity contribution >= 4 is 22.7 Å². The first kappa shape index (κ1) is 24.3. The van der Waals surface area contributed by atoms with E-state index in [-0.39, 0.29) is 11.3 Å². The molecule has 35 heavy (non-hydrogen) atoms. The van der Waals surface area contributed by atoms with Crippen LogP contribution in [0.1, 0.15) is 41.9 Å². The topological polar surface area (TPSA) is 98.4 Å². The Morgan fingerprint density at radius 3 is 2.66 bits per heavy atom. The minimum atomic E-state index is -0.799. The average Bonchev–Trinajstić information content (AvgIpc) is 3.42. The van der Waals surface area contributed by atoms with Crippen LogP contribution in [-0.4, -0.2) is 55.7 Å². The molecule has 0 aliphatic carbocycles. The largest absolute Gasteiger partial charge is 0.503 e. The first-order valence-electron chi connectivity index (χ1n) is 11.6. The van der Waals surface area contributed by atoms with E-state index in [4.69, 9.17) is 18.6 Å². The molecule has 2 aromatic carbocycles. The van der Waals surface area contributed by atoms with E-state index in [9.17, 15) is 14.7 Å². The third-order valence-corrected chi connectivity index (χ3v) is 5.89.